The van der Waals surface area contributed by atoms with Crippen LogP contribution in [-0.4, -0.2) is 28.0 Å². The van der Waals surface area contributed by atoms with Gasteiger partial charge in [-0.2, -0.15) is 0 Å². The van der Waals surface area contributed by atoms with E-state index in [2.05, 4.69) is 10.3 Å². The molecule has 1 aromatic heterocycles. The van der Waals surface area contributed by atoms with Crippen molar-refractivity contribution < 1.29 is 9.53 Å². The van der Waals surface area contributed by atoms with E-state index < -0.39 is 11.5 Å². The maximum Gasteiger partial charge on any atom is 0.281 e. The molecule has 1 aromatic carbocycles. The van der Waals surface area contributed by atoms with E-state index in [0.29, 0.717) is 11.3 Å². The molecule has 0 fully saturated rings. The Morgan fingerprint density at radius 1 is 1.53 bits per heavy atom. The molecule has 88 valence electrons. The summed E-state index contributed by atoms with van der Waals surface area (Å²) in [6, 6.07) is 4.98. The highest BCUT2D eigenvalue weighted by Gasteiger charge is 2.11. The van der Waals surface area contributed by atoms with Crippen LogP contribution in [0.25, 0.3) is 10.9 Å². The van der Waals surface area contributed by atoms with Gasteiger partial charge in [-0.15, -0.1) is 5.10 Å². The molecule has 0 atom stereocenters. The van der Waals surface area contributed by atoms with E-state index in [0.717, 1.165) is 4.68 Å². The van der Waals surface area contributed by atoms with Gasteiger partial charge in [0.15, 0.2) is 0 Å². The number of rotatable bonds is 3. The summed E-state index contributed by atoms with van der Waals surface area (Å²) < 4.78 is 5.98. The molecular formula is C10H10N4O3. The molecule has 17 heavy (non-hydrogen) atoms. The molecule has 0 aliphatic rings. The van der Waals surface area contributed by atoms with Crippen LogP contribution in [0.2, 0.25) is 0 Å². The molecule has 7 nitrogen and oxygen atoms in total. The number of carbonyl (C=O) groups excluding carboxylic acids is 1. The number of nitrogens with two attached hydrogens (primary N) is 1. The standard InChI is InChI=1S/C10H10N4O3/c1-17-7-4-2-3-6-9(7)10(16)14(13-12-6)5-8(11)15/h2-4H,5H2,1H3,(H2,11,15). The van der Waals surface area contributed by atoms with E-state index in [1.165, 1.54) is 7.11 Å². The number of carbonyl (C=O) groups is 1. The lowest BCUT2D eigenvalue weighted by atomic mass is 10.2. The summed E-state index contributed by atoms with van der Waals surface area (Å²) in [6.45, 7) is -0.306. The Labute approximate surface area is 95.8 Å². The molecule has 0 bridgehead atoms. The summed E-state index contributed by atoms with van der Waals surface area (Å²) in [5.74, 6) is -0.267. The van der Waals surface area contributed by atoms with Crippen molar-refractivity contribution in [3.05, 3.63) is 28.6 Å². The number of benzene rings is 1. The van der Waals surface area contributed by atoms with Gasteiger partial charge in [-0.25, -0.2) is 4.68 Å². The van der Waals surface area contributed by atoms with E-state index in [9.17, 15) is 9.59 Å². The fourth-order valence-corrected chi connectivity index (χ4v) is 1.51. The maximum absolute atomic E-state index is 12.0. The summed E-state index contributed by atoms with van der Waals surface area (Å²) in [7, 11) is 1.45. The van der Waals surface area contributed by atoms with Crippen molar-refractivity contribution in [1.29, 1.82) is 0 Å². The average molecular weight is 234 g/mol. The van der Waals surface area contributed by atoms with Crippen LogP contribution in [0.4, 0.5) is 0 Å². The molecule has 2 aromatic rings. The molecule has 0 radical (unpaired) electrons. The Balaban J connectivity index is 2.73. The Hall–Kier alpha value is -2.44. The molecule has 0 saturated heterocycles. The van der Waals surface area contributed by atoms with Crippen LogP contribution in [0, 0.1) is 0 Å². The summed E-state index contributed by atoms with van der Waals surface area (Å²) in [4.78, 5) is 22.8. The number of primary amides is 1. The van der Waals surface area contributed by atoms with Gasteiger partial charge < -0.3 is 10.5 Å². The van der Waals surface area contributed by atoms with E-state index in [1.807, 2.05) is 0 Å². The second-order valence-corrected chi connectivity index (χ2v) is 3.37. The van der Waals surface area contributed by atoms with Crippen LogP contribution in [0.15, 0.2) is 23.0 Å². The second kappa shape index (κ2) is 4.20. The molecule has 0 aliphatic carbocycles. The fourth-order valence-electron chi connectivity index (χ4n) is 1.51. The normalized spacial score (nSPS) is 10.4. The van der Waals surface area contributed by atoms with Crippen molar-refractivity contribution in [2.75, 3.05) is 7.11 Å². The van der Waals surface area contributed by atoms with E-state index in [-0.39, 0.29) is 11.9 Å². The van der Waals surface area contributed by atoms with Crippen molar-refractivity contribution in [2.45, 2.75) is 6.54 Å². The van der Waals surface area contributed by atoms with Crippen LogP contribution >= 0.6 is 0 Å². The molecule has 2 rings (SSSR count). The zero-order valence-electron chi connectivity index (χ0n) is 9.08. The second-order valence-electron chi connectivity index (χ2n) is 3.37. The molecular weight excluding hydrogens is 224 g/mol. The Kier molecular flexibility index (Phi) is 2.73. The van der Waals surface area contributed by atoms with Crippen LogP contribution < -0.4 is 16.0 Å². The summed E-state index contributed by atoms with van der Waals surface area (Å²) in [6.07, 6.45) is 0. The maximum atomic E-state index is 12.0. The van der Waals surface area contributed by atoms with Crippen molar-refractivity contribution in [1.82, 2.24) is 15.0 Å². The molecule has 0 spiro atoms. The largest absolute Gasteiger partial charge is 0.496 e. The lowest BCUT2D eigenvalue weighted by molar-refractivity contribution is -0.118. The number of hydrogen-bond acceptors (Lipinski definition) is 5. The van der Waals surface area contributed by atoms with Gasteiger partial charge >= 0.3 is 0 Å². The highest BCUT2D eigenvalue weighted by atomic mass is 16.5. The van der Waals surface area contributed by atoms with Gasteiger partial charge in [0.1, 0.15) is 23.2 Å². The molecule has 0 unspecified atom stereocenters. The third-order valence-corrected chi connectivity index (χ3v) is 2.24. The van der Waals surface area contributed by atoms with Gasteiger partial charge in [-0.3, -0.25) is 9.59 Å². The lowest BCUT2D eigenvalue weighted by Gasteiger charge is -2.05. The highest BCUT2D eigenvalue weighted by molar-refractivity contribution is 5.83. The molecule has 0 aliphatic heterocycles. The number of ether oxygens (including phenoxy) is 1. The number of aromatic nitrogens is 3. The summed E-state index contributed by atoms with van der Waals surface area (Å²) >= 11 is 0. The first-order valence-corrected chi connectivity index (χ1v) is 4.82. The van der Waals surface area contributed by atoms with Gasteiger partial charge in [-0.05, 0) is 12.1 Å². The van der Waals surface area contributed by atoms with Crippen LogP contribution in [0.1, 0.15) is 0 Å². The number of nitrogens with zero attached hydrogens (tertiary/aromatic N) is 3. The first-order chi connectivity index (χ1) is 8.13. The Bertz CT molecular complexity index is 635. The topological polar surface area (TPSA) is 100 Å². The van der Waals surface area contributed by atoms with Gasteiger partial charge in [-0.1, -0.05) is 11.3 Å². The number of methoxy groups -OCH3 is 1. The summed E-state index contributed by atoms with van der Waals surface area (Å²) in [5.41, 5.74) is 4.97. The van der Waals surface area contributed by atoms with Crippen LogP contribution in [0.3, 0.4) is 0 Å². The van der Waals surface area contributed by atoms with Crippen LogP contribution in [-0.2, 0) is 11.3 Å². The van der Waals surface area contributed by atoms with Crippen molar-refractivity contribution >= 4 is 16.8 Å². The van der Waals surface area contributed by atoms with E-state index in [1.54, 1.807) is 18.2 Å². The Morgan fingerprint density at radius 3 is 2.94 bits per heavy atom. The monoisotopic (exact) mass is 234 g/mol. The molecule has 2 N–H and O–H groups in total. The summed E-state index contributed by atoms with van der Waals surface area (Å²) in [5, 5.41) is 7.73. The fraction of sp³-hybridized carbons (Fsp3) is 0.200. The minimum atomic E-state index is -0.657. The molecule has 1 heterocycles. The zero-order chi connectivity index (χ0) is 12.4. The van der Waals surface area contributed by atoms with Crippen LogP contribution in [0.5, 0.6) is 5.75 Å². The number of hydrogen-bond donors (Lipinski definition) is 1. The quantitative estimate of drug-likeness (QED) is 0.755. The molecule has 0 saturated carbocycles. The van der Waals surface area contributed by atoms with Gasteiger partial charge in [0.05, 0.1) is 7.11 Å². The first-order valence-electron chi connectivity index (χ1n) is 4.82. The molecule has 7 heteroatoms. The lowest BCUT2D eigenvalue weighted by Crippen LogP contribution is -2.31. The zero-order valence-corrected chi connectivity index (χ0v) is 9.08. The first kappa shape index (κ1) is 11.1. The third kappa shape index (κ3) is 1.94. The van der Waals surface area contributed by atoms with E-state index >= 15 is 0 Å². The van der Waals surface area contributed by atoms with Gasteiger partial charge in [0.2, 0.25) is 5.91 Å². The number of amides is 1. The third-order valence-electron chi connectivity index (χ3n) is 2.24. The average Bonchev–Trinajstić information content (AvgIpc) is 2.31. The Morgan fingerprint density at radius 2 is 2.29 bits per heavy atom. The number of fused-ring (bicyclic) bond motifs is 1. The minimum absolute atomic E-state index is 0.284. The van der Waals surface area contributed by atoms with Gasteiger partial charge in [0.25, 0.3) is 5.56 Å². The smallest absolute Gasteiger partial charge is 0.281 e. The van der Waals surface area contributed by atoms with Gasteiger partial charge in [0, 0.05) is 0 Å². The predicted molar refractivity (Wildman–Crippen MR) is 59.5 cm³/mol. The SMILES string of the molecule is COc1cccc2nnn(CC(N)=O)c(=O)c12. The minimum Gasteiger partial charge on any atom is -0.496 e. The predicted octanol–water partition coefficient (Wildman–Crippen LogP) is -0.715. The van der Waals surface area contributed by atoms with Crippen molar-refractivity contribution in [3.63, 3.8) is 0 Å². The molecule has 1 amide bonds. The van der Waals surface area contributed by atoms with E-state index in [4.69, 9.17) is 10.5 Å². The van der Waals surface area contributed by atoms with Crippen molar-refractivity contribution in [3.8, 4) is 5.75 Å². The van der Waals surface area contributed by atoms with Crippen molar-refractivity contribution in [2.24, 2.45) is 5.73 Å². The highest BCUT2D eigenvalue weighted by Crippen LogP contribution is 2.19.